The number of carboxylic acid groups (broad SMARTS) is 1. The standard InChI is InChI=1S/C11H13N5O3S2/c1-15-4-13-14-11(15)21-3-5-2-20-9-6(12)8(17)16(9)7(5)10(18)19/h4,6,9H,2-3,12H2,1H3,(H,18,19)/t6-,9+/m0/s1. The first kappa shape index (κ1) is 14.4. The molecule has 1 aromatic rings. The minimum atomic E-state index is -1.09. The van der Waals surface area contributed by atoms with Gasteiger partial charge in [0.2, 0.25) is 5.91 Å². The lowest BCUT2D eigenvalue weighted by atomic mass is 10.0. The Labute approximate surface area is 128 Å². The van der Waals surface area contributed by atoms with Crippen molar-refractivity contribution in [3.8, 4) is 0 Å². The number of aromatic nitrogens is 3. The summed E-state index contributed by atoms with van der Waals surface area (Å²) in [5.74, 6) is -0.415. The van der Waals surface area contributed by atoms with Crippen LogP contribution < -0.4 is 5.73 Å². The number of nitrogens with zero attached hydrogens (tertiary/aromatic N) is 4. The molecule has 8 nitrogen and oxygen atoms in total. The highest BCUT2D eigenvalue weighted by molar-refractivity contribution is 8.01. The topological polar surface area (TPSA) is 114 Å². The van der Waals surface area contributed by atoms with E-state index in [1.165, 1.54) is 28.4 Å². The molecule has 3 rings (SSSR count). The first-order valence-electron chi connectivity index (χ1n) is 6.13. The molecule has 0 radical (unpaired) electrons. The van der Waals surface area contributed by atoms with E-state index in [9.17, 15) is 14.7 Å². The van der Waals surface area contributed by atoms with Crippen LogP contribution in [-0.2, 0) is 16.6 Å². The van der Waals surface area contributed by atoms with Crippen molar-refractivity contribution in [2.45, 2.75) is 16.6 Å². The summed E-state index contributed by atoms with van der Waals surface area (Å²) in [6, 6.07) is -0.600. The van der Waals surface area contributed by atoms with Crippen LogP contribution >= 0.6 is 23.5 Å². The minimum Gasteiger partial charge on any atom is -0.477 e. The van der Waals surface area contributed by atoms with Crippen LogP contribution in [0.5, 0.6) is 0 Å². The van der Waals surface area contributed by atoms with E-state index >= 15 is 0 Å². The number of hydrogen-bond acceptors (Lipinski definition) is 7. The average molecular weight is 327 g/mol. The molecule has 0 spiro atoms. The first-order chi connectivity index (χ1) is 10.0. The van der Waals surface area contributed by atoms with Crippen LogP contribution in [0.2, 0.25) is 0 Å². The van der Waals surface area contributed by atoms with Gasteiger partial charge in [0.1, 0.15) is 23.4 Å². The summed E-state index contributed by atoms with van der Waals surface area (Å²) in [4.78, 5) is 24.6. The quantitative estimate of drug-likeness (QED) is 0.561. The van der Waals surface area contributed by atoms with Crippen LogP contribution in [0.1, 0.15) is 0 Å². The maximum Gasteiger partial charge on any atom is 0.352 e. The van der Waals surface area contributed by atoms with Gasteiger partial charge in [0.25, 0.3) is 0 Å². The molecule has 3 heterocycles. The van der Waals surface area contributed by atoms with Crippen molar-refractivity contribution in [3.05, 3.63) is 17.6 Å². The fourth-order valence-electron chi connectivity index (χ4n) is 2.25. The smallest absolute Gasteiger partial charge is 0.352 e. The van der Waals surface area contributed by atoms with E-state index in [1.54, 1.807) is 10.9 Å². The Hall–Kier alpha value is -1.52. The van der Waals surface area contributed by atoms with Crippen molar-refractivity contribution in [1.82, 2.24) is 19.7 Å². The maximum absolute atomic E-state index is 11.8. The van der Waals surface area contributed by atoms with Gasteiger partial charge in [0.15, 0.2) is 5.16 Å². The molecule has 1 fully saturated rings. The van der Waals surface area contributed by atoms with Crippen molar-refractivity contribution < 1.29 is 14.7 Å². The van der Waals surface area contributed by atoms with Crippen molar-refractivity contribution in [3.63, 3.8) is 0 Å². The van der Waals surface area contributed by atoms with E-state index in [-0.39, 0.29) is 17.0 Å². The van der Waals surface area contributed by atoms with Gasteiger partial charge in [-0.2, -0.15) is 0 Å². The van der Waals surface area contributed by atoms with Gasteiger partial charge < -0.3 is 15.4 Å². The summed E-state index contributed by atoms with van der Waals surface area (Å²) in [5, 5.41) is 17.6. The van der Waals surface area contributed by atoms with E-state index in [2.05, 4.69) is 10.2 Å². The molecule has 1 saturated heterocycles. The van der Waals surface area contributed by atoms with E-state index < -0.39 is 12.0 Å². The van der Waals surface area contributed by atoms with Crippen LogP contribution in [0.4, 0.5) is 0 Å². The Morgan fingerprint density at radius 2 is 2.43 bits per heavy atom. The highest BCUT2D eigenvalue weighted by atomic mass is 32.2. The first-order valence-corrected chi connectivity index (χ1v) is 8.16. The zero-order chi connectivity index (χ0) is 15.1. The van der Waals surface area contributed by atoms with Gasteiger partial charge in [0, 0.05) is 18.6 Å². The van der Waals surface area contributed by atoms with Gasteiger partial charge in [-0.25, -0.2) is 4.79 Å². The van der Waals surface area contributed by atoms with Crippen molar-refractivity contribution in [1.29, 1.82) is 0 Å². The Morgan fingerprint density at radius 3 is 3.05 bits per heavy atom. The number of rotatable bonds is 4. The molecule has 2 atom stereocenters. The number of thioether (sulfide) groups is 2. The minimum absolute atomic E-state index is 0.0696. The van der Waals surface area contributed by atoms with Crippen LogP contribution in [-0.4, -0.2) is 59.6 Å². The highest BCUT2D eigenvalue weighted by Gasteiger charge is 2.51. The Balaban J connectivity index is 1.83. The fraction of sp³-hybridized carbons (Fsp3) is 0.455. The van der Waals surface area contributed by atoms with Crippen molar-refractivity contribution in [2.24, 2.45) is 12.8 Å². The summed E-state index contributed by atoms with van der Waals surface area (Å²) in [5.41, 5.74) is 6.48. The summed E-state index contributed by atoms with van der Waals surface area (Å²) < 4.78 is 1.76. The monoisotopic (exact) mass is 327 g/mol. The van der Waals surface area contributed by atoms with E-state index in [0.29, 0.717) is 22.2 Å². The predicted octanol–water partition coefficient (Wildman–Crippen LogP) is -0.512. The van der Waals surface area contributed by atoms with Crippen LogP contribution in [0.25, 0.3) is 0 Å². The lowest BCUT2D eigenvalue weighted by Gasteiger charge is -2.48. The van der Waals surface area contributed by atoms with Crippen molar-refractivity contribution in [2.75, 3.05) is 11.5 Å². The zero-order valence-electron chi connectivity index (χ0n) is 11.1. The van der Waals surface area contributed by atoms with Gasteiger partial charge >= 0.3 is 5.97 Å². The van der Waals surface area contributed by atoms with Gasteiger partial charge in [-0.1, -0.05) is 11.8 Å². The lowest BCUT2D eigenvalue weighted by molar-refractivity contribution is -0.147. The van der Waals surface area contributed by atoms with E-state index in [4.69, 9.17) is 5.73 Å². The van der Waals surface area contributed by atoms with Crippen LogP contribution in [0.3, 0.4) is 0 Å². The number of carboxylic acids is 1. The molecular weight excluding hydrogens is 314 g/mol. The number of aryl methyl sites for hydroxylation is 1. The third-order valence-corrected chi connectivity index (χ3v) is 5.82. The average Bonchev–Trinajstić information content (AvgIpc) is 2.88. The second-order valence-corrected chi connectivity index (χ2v) is 6.75. The normalized spacial score (nSPS) is 24.9. The number of amides is 1. The molecule has 0 saturated carbocycles. The van der Waals surface area contributed by atoms with Crippen molar-refractivity contribution >= 4 is 35.4 Å². The Morgan fingerprint density at radius 1 is 1.67 bits per heavy atom. The number of β-lactam (4-membered cyclic amide) rings is 1. The molecule has 21 heavy (non-hydrogen) atoms. The summed E-state index contributed by atoms with van der Waals surface area (Å²) in [6.45, 7) is 0. The van der Waals surface area contributed by atoms with Crippen LogP contribution in [0.15, 0.2) is 22.8 Å². The zero-order valence-corrected chi connectivity index (χ0v) is 12.7. The number of nitrogens with two attached hydrogens (primary N) is 1. The van der Waals surface area contributed by atoms with Gasteiger partial charge in [-0.15, -0.1) is 22.0 Å². The number of carbonyl (C=O) groups is 2. The van der Waals surface area contributed by atoms with Gasteiger partial charge in [-0.05, 0) is 5.57 Å². The third-order valence-electron chi connectivity index (χ3n) is 3.34. The molecule has 2 aliphatic rings. The SMILES string of the molecule is Cn1cnnc1SCC1=C(C(=O)O)N2C(=O)[C@H](N)[C@H]2SC1. The second-order valence-electron chi connectivity index (χ2n) is 4.71. The molecule has 1 amide bonds. The molecule has 0 aromatic carbocycles. The Kier molecular flexibility index (Phi) is 3.68. The molecule has 1 aromatic heterocycles. The van der Waals surface area contributed by atoms with Gasteiger partial charge in [-0.3, -0.25) is 9.69 Å². The maximum atomic E-state index is 11.8. The highest BCUT2D eigenvalue weighted by Crippen LogP contribution is 2.40. The number of hydrogen-bond donors (Lipinski definition) is 2. The third kappa shape index (κ3) is 2.32. The summed E-state index contributed by atoms with van der Waals surface area (Å²) >= 11 is 2.89. The number of aliphatic carboxylic acids is 1. The lowest BCUT2D eigenvalue weighted by Crippen LogP contribution is -2.68. The molecule has 2 aliphatic heterocycles. The number of fused-ring (bicyclic) bond motifs is 1. The van der Waals surface area contributed by atoms with E-state index in [1.807, 2.05) is 7.05 Å². The fourth-order valence-corrected chi connectivity index (χ4v) is 4.57. The largest absolute Gasteiger partial charge is 0.477 e. The van der Waals surface area contributed by atoms with E-state index in [0.717, 1.165) is 0 Å². The summed E-state index contributed by atoms with van der Waals surface area (Å²) in [7, 11) is 1.82. The second kappa shape index (κ2) is 5.35. The Bertz CT molecular complexity index is 644. The predicted molar refractivity (Wildman–Crippen MR) is 77.5 cm³/mol. The molecule has 0 bridgehead atoms. The number of carbonyl (C=O) groups excluding carboxylic acids is 1. The van der Waals surface area contributed by atoms with Crippen LogP contribution in [0, 0.1) is 0 Å². The molecular formula is C11H13N5O3S2. The molecule has 0 aliphatic carbocycles. The molecule has 0 unspecified atom stereocenters. The molecule has 3 N–H and O–H groups in total. The molecule has 10 heteroatoms. The molecule has 112 valence electrons. The van der Waals surface area contributed by atoms with Gasteiger partial charge in [0.05, 0.1) is 0 Å². The summed E-state index contributed by atoms with van der Waals surface area (Å²) in [6.07, 6.45) is 1.58.